The highest BCUT2D eigenvalue weighted by atomic mass is 32.2. The lowest BCUT2D eigenvalue weighted by Crippen LogP contribution is -2.27. The molecule has 1 aromatic heterocycles. The average Bonchev–Trinajstić information content (AvgIpc) is 2.97. The Morgan fingerprint density at radius 2 is 2.14 bits per heavy atom. The van der Waals surface area contributed by atoms with E-state index in [1.165, 1.54) is 12.4 Å². The number of hydrogen-bond donors (Lipinski definition) is 3. The van der Waals surface area contributed by atoms with Gasteiger partial charge in [-0.1, -0.05) is 30.4 Å². The fraction of sp³-hybridized carbons (Fsp3) is 0.250. The van der Waals surface area contributed by atoms with E-state index in [2.05, 4.69) is 19.9 Å². The molecule has 0 fully saturated rings. The predicted molar refractivity (Wildman–Crippen MR) is 82.2 cm³/mol. The smallest absolute Gasteiger partial charge is 0.241 e. The van der Waals surface area contributed by atoms with Crippen LogP contribution in [0.5, 0.6) is 0 Å². The van der Waals surface area contributed by atoms with Crippen LogP contribution in [0.2, 0.25) is 0 Å². The summed E-state index contributed by atoms with van der Waals surface area (Å²) < 4.78 is 27.0. The van der Waals surface area contributed by atoms with E-state index in [0.29, 0.717) is 18.4 Å². The van der Waals surface area contributed by atoms with Gasteiger partial charge in [0, 0.05) is 18.5 Å². The van der Waals surface area contributed by atoms with Gasteiger partial charge in [0.25, 0.3) is 0 Å². The van der Waals surface area contributed by atoms with Crippen LogP contribution in [0.4, 0.5) is 0 Å². The number of nitrogens with one attached hydrogen (secondary N) is 2. The third kappa shape index (κ3) is 4.06. The Kier molecular flexibility index (Phi) is 4.99. The normalized spacial score (nSPS) is 11.4. The summed E-state index contributed by atoms with van der Waals surface area (Å²) in [6.07, 6.45) is 2.63. The van der Waals surface area contributed by atoms with Crippen LogP contribution in [0.3, 0.4) is 0 Å². The Balaban J connectivity index is 2.00. The van der Waals surface area contributed by atoms with Crippen molar-refractivity contribution in [2.75, 3.05) is 6.54 Å². The van der Waals surface area contributed by atoms with Gasteiger partial charge >= 0.3 is 0 Å². The third-order valence-electron chi connectivity index (χ3n) is 2.79. The molecule has 0 radical (unpaired) electrons. The second-order valence-electron chi connectivity index (χ2n) is 4.29. The van der Waals surface area contributed by atoms with Crippen LogP contribution < -0.4 is 10.5 Å². The Bertz CT molecular complexity index is 713. The number of nitrogens with zero attached hydrogens (tertiary/aromatic N) is 2. The van der Waals surface area contributed by atoms with E-state index in [1.54, 1.807) is 18.2 Å². The molecular formula is C12H15N5O2S2. The van der Waals surface area contributed by atoms with Gasteiger partial charge in [-0.05, 0) is 12.5 Å². The number of H-pyrrole nitrogens is 1. The minimum Gasteiger partial charge on any atom is -0.389 e. The first kappa shape index (κ1) is 15.5. The molecule has 0 aliphatic rings. The average molecular weight is 325 g/mol. The molecule has 0 unspecified atom stereocenters. The molecule has 2 rings (SSSR count). The van der Waals surface area contributed by atoms with E-state index in [9.17, 15) is 8.42 Å². The number of aromatic nitrogens is 3. The maximum atomic E-state index is 12.3. The Labute approximate surface area is 128 Å². The molecule has 0 spiro atoms. The molecule has 0 atom stereocenters. The molecule has 2 aromatic rings. The van der Waals surface area contributed by atoms with E-state index >= 15 is 0 Å². The first-order chi connectivity index (χ1) is 10.0. The number of hydrogen-bond acceptors (Lipinski definition) is 5. The van der Waals surface area contributed by atoms with Gasteiger partial charge in [0.05, 0.1) is 4.90 Å². The van der Waals surface area contributed by atoms with Gasteiger partial charge in [-0.15, -0.1) is 0 Å². The van der Waals surface area contributed by atoms with E-state index in [-0.39, 0.29) is 16.4 Å². The molecule has 112 valence electrons. The summed E-state index contributed by atoms with van der Waals surface area (Å²) in [6.45, 7) is 0.286. The van der Waals surface area contributed by atoms with Crippen molar-refractivity contribution in [2.45, 2.75) is 17.7 Å². The minimum atomic E-state index is -3.64. The largest absolute Gasteiger partial charge is 0.389 e. The van der Waals surface area contributed by atoms with Crippen LogP contribution in [0.1, 0.15) is 17.8 Å². The SMILES string of the molecule is NC(=S)c1ccccc1S(=O)(=O)NCCCc1ncn[nH]1. The van der Waals surface area contributed by atoms with Crippen molar-refractivity contribution in [1.29, 1.82) is 0 Å². The number of rotatable bonds is 7. The zero-order chi connectivity index (χ0) is 15.3. The van der Waals surface area contributed by atoms with Crippen molar-refractivity contribution in [3.8, 4) is 0 Å². The van der Waals surface area contributed by atoms with Crippen LogP contribution >= 0.6 is 12.2 Å². The number of thiocarbonyl (C=S) groups is 1. The highest BCUT2D eigenvalue weighted by Crippen LogP contribution is 2.15. The van der Waals surface area contributed by atoms with E-state index in [0.717, 1.165) is 5.82 Å². The first-order valence-electron chi connectivity index (χ1n) is 6.23. The summed E-state index contributed by atoms with van der Waals surface area (Å²) in [6, 6.07) is 6.39. The highest BCUT2D eigenvalue weighted by Gasteiger charge is 2.18. The standard InChI is InChI=1S/C12H15N5O2S2/c13-12(20)9-4-1-2-5-10(9)21(18,19)16-7-3-6-11-14-8-15-17-11/h1-2,4-5,8,16H,3,6-7H2,(H2,13,20)(H,14,15,17). The molecule has 0 saturated heterocycles. The predicted octanol–water partition coefficient (Wildman–Crippen LogP) is 0.350. The number of aromatic amines is 1. The van der Waals surface area contributed by atoms with Crippen LogP contribution in [-0.4, -0.2) is 35.1 Å². The van der Waals surface area contributed by atoms with Gasteiger partial charge in [0.2, 0.25) is 10.0 Å². The van der Waals surface area contributed by atoms with Gasteiger partial charge in [-0.3, -0.25) is 5.10 Å². The Morgan fingerprint density at radius 3 is 2.81 bits per heavy atom. The monoisotopic (exact) mass is 325 g/mol. The van der Waals surface area contributed by atoms with Crippen molar-refractivity contribution >= 4 is 27.2 Å². The van der Waals surface area contributed by atoms with Crippen molar-refractivity contribution in [3.63, 3.8) is 0 Å². The first-order valence-corrected chi connectivity index (χ1v) is 8.12. The van der Waals surface area contributed by atoms with Gasteiger partial charge in [-0.2, -0.15) is 5.10 Å². The zero-order valence-corrected chi connectivity index (χ0v) is 12.7. The molecule has 1 heterocycles. The lowest BCUT2D eigenvalue weighted by Gasteiger charge is -2.10. The number of benzene rings is 1. The van der Waals surface area contributed by atoms with E-state index < -0.39 is 10.0 Å². The van der Waals surface area contributed by atoms with Gasteiger partial charge in [0.1, 0.15) is 17.1 Å². The maximum Gasteiger partial charge on any atom is 0.241 e. The molecule has 7 nitrogen and oxygen atoms in total. The summed E-state index contributed by atoms with van der Waals surface area (Å²) in [7, 11) is -3.64. The van der Waals surface area contributed by atoms with Crippen LogP contribution in [0.25, 0.3) is 0 Å². The van der Waals surface area contributed by atoms with Crippen LogP contribution in [0, 0.1) is 0 Å². The number of sulfonamides is 1. The molecule has 9 heteroatoms. The van der Waals surface area contributed by atoms with Gasteiger partial charge in [0.15, 0.2) is 0 Å². The quantitative estimate of drug-likeness (QED) is 0.500. The summed E-state index contributed by atoms with van der Waals surface area (Å²) in [5, 5.41) is 6.44. The summed E-state index contributed by atoms with van der Waals surface area (Å²) in [4.78, 5) is 4.12. The molecule has 0 bridgehead atoms. The fourth-order valence-electron chi connectivity index (χ4n) is 1.80. The number of aryl methyl sites for hydroxylation is 1. The molecule has 21 heavy (non-hydrogen) atoms. The van der Waals surface area contributed by atoms with Gasteiger partial charge in [-0.25, -0.2) is 18.1 Å². The lowest BCUT2D eigenvalue weighted by atomic mass is 10.2. The number of nitrogens with two attached hydrogens (primary N) is 1. The van der Waals surface area contributed by atoms with Gasteiger partial charge < -0.3 is 5.73 Å². The second-order valence-corrected chi connectivity index (χ2v) is 6.47. The zero-order valence-electron chi connectivity index (χ0n) is 11.1. The molecule has 0 amide bonds. The topological polar surface area (TPSA) is 114 Å². The molecule has 4 N–H and O–H groups in total. The fourth-order valence-corrected chi connectivity index (χ4v) is 3.33. The molecule has 1 aromatic carbocycles. The Morgan fingerprint density at radius 1 is 1.38 bits per heavy atom. The summed E-state index contributed by atoms with van der Waals surface area (Å²) in [5.74, 6) is 0.720. The van der Waals surface area contributed by atoms with Crippen LogP contribution in [0.15, 0.2) is 35.5 Å². The third-order valence-corrected chi connectivity index (χ3v) is 4.53. The summed E-state index contributed by atoms with van der Waals surface area (Å²) >= 11 is 4.87. The molecule has 0 aliphatic heterocycles. The van der Waals surface area contributed by atoms with Crippen molar-refractivity contribution in [3.05, 3.63) is 42.0 Å². The molecule has 0 aliphatic carbocycles. The second kappa shape index (κ2) is 6.74. The van der Waals surface area contributed by atoms with Crippen LogP contribution in [-0.2, 0) is 16.4 Å². The highest BCUT2D eigenvalue weighted by molar-refractivity contribution is 7.89. The lowest BCUT2D eigenvalue weighted by molar-refractivity contribution is 0.578. The van der Waals surface area contributed by atoms with Crippen molar-refractivity contribution in [2.24, 2.45) is 5.73 Å². The Hall–Kier alpha value is -1.84. The molecule has 0 saturated carbocycles. The summed E-state index contributed by atoms with van der Waals surface area (Å²) in [5.41, 5.74) is 5.89. The molecular weight excluding hydrogens is 310 g/mol. The van der Waals surface area contributed by atoms with Crippen molar-refractivity contribution in [1.82, 2.24) is 19.9 Å². The van der Waals surface area contributed by atoms with E-state index in [4.69, 9.17) is 18.0 Å². The van der Waals surface area contributed by atoms with Crippen molar-refractivity contribution < 1.29 is 8.42 Å². The van der Waals surface area contributed by atoms with E-state index in [1.807, 2.05) is 0 Å². The minimum absolute atomic E-state index is 0.0534. The maximum absolute atomic E-state index is 12.3.